The maximum atomic E-state index is 10.7. The molecule has 0 spiro atoms. The van der Waals surface area contributed by atoms with Crippen LogP contribution in [0, 0.1) is 0 Å². The first-order valence-electron chi connectivity index (χ1n) is 4.68. The third-order valence-electron chi connectivity index (χ3n) is 1.72. The van der Waals surface area contributed by atoms with Gasteiger partial charge in [0.1, 0.15) is 5.25 Å². The fraction of sp³-hybridized carbons (Fsp3) is 0.889. The Bertz CT molecular complexity index is 151. The van der Waals surface area contributed by atoms with E-state index < -0.39 is 5.97 Å². The minimum Gasteiger partial charge on any atom is -0.480 e. The normalized spacial score (nSPS) is 15.3. The van der Waals surface area contributed by atoms with Crippen molar-refractivity contribution in [2.75, 3.05) is 5.75 Å². The number of aliphatic carboxylic acids is 1. The molecule has 0 aromatic heterocycles. The summed E-state index contributed by atoms with van der Waals surface area (Å²) in [5, 5.41) is 8.57. The van der Waals surface area contributed by atoms with E-state index in [1.54, 1.807) is 0 Å². The van der Waals surface area contributed by atoms with Crippen LogP contribution in [0.4, 0.5) is 0 Å². The number of carboxylic acids is 1. The first kappa shape index (κ1) is 12.8. The Balaban J connectivity index is 3.63. The SMILES string of the molecule is CCCC(SCCC(C)N)C(=O)O. The van der Waals surface area contributed by atoms with Crippen LogP contribution < -0.4 is 5.73 Å². The highest BCUT2D eigenvalue weighted by Crippen LogP contribution is 2.17. The topological polar surface area (TPSA) is 63.3 Å². The van der Waals surface area contributed by atoms with Crippen LogP contribution in [0.5, 0.6) is 0 Å². The van der Waals surface area contributed by atoms with Crippen molar-refractivity contribution in [3.8, 4) is 0 Å². The lowest BCUT2D eigenvalue weighted by Gasteiger charge is -2.11. The molecule has 0 saturated carbocycles. The molecule has 0 aliphatic heterocycles. The Hall–Kier alpha value is -0.220. The summed E-state index contributed by atoms with van der Waals surface area (Å²) in [6.07, 6.45) is 2.55. The van der Waals surface area contributed by atoms with Crippen molar-refractivity contribution in [3.63, 3.8) is 0 Å². The van der Waals surface area contributed by atoms with Gasteiger partial charge >= 0.3 is 5.97 Å². The predicted octanol–water partition coefficient (Wildman–Crippen LogP) is 1.71. The number of hydrogen-bond donors (Lipinski definition) is 2. The summed E-state index contributed by atoms with van der Waals surface area (Å²) in [6, 6.07) is 0.170. The van der Waals surface area contributed by atoms with Crippen LogP contribution in [0.3, 0.4) is 0 Å². The van der Waals surface area contributed by atoms with Crippen LogP contribution in [0.25, 0.3) is 0 Å². The molecule has 0 bridgehead atoms. The Morgan fingerprint density at radius 3 is 2.54 bits per heavy atom. The molecule has 0 saturated heterocycles. The number of thioether (sulfide) groups is 1. The third-order valence-corrected chi connectivity index (χ3v) is 3.03. The molecule has 78 valence electrons. The van der Waals surface area contributed by atoms with Crippen molar-refractivity contribution in [2.45, 2.75) is 44.4 Å². The average molecular weight is 205 g/mol. The fourth-order valence-electron chi connectivity index (χ4n) is 0.936. The van der Waals surface area contributed by atoms with E-state index in [-0.39, 0.29) is 11.3 Å². The molecule has 13 heavy (non-hydrogen) atoms. The number of nitrogens with two attached hydrogens (primary N) is 1. The van der Waals surface area contributed by atoms with E-state index in [9.17, 15) is 4.79 Å². The lowest BCUT2D eigenvalue weighted by molar-refractivity contribution is -0.136. The molecule has 0 heterocycles. The largest absolute Gasteiger partial charge is 0.480 e. The summed E-state index contributed by atoms with van der Waals surface area (Å²) < 4.78 is 0. The van der Waals surface area contributed by atoms with Gasteiger partial charge in [-0.05, 0) is 25.5 Å². The Morgan fingerprint density at radius 1 is 1.54 bits per heavy atom. The molecule has 2 unspecified atom stereocenters. The molecule has 0 aromatic carbocycles. The van der Waals surface area contributed by atoms with Crippen molar-refractivity contribution in [3.05, 3.63) is 0 Å². The van der Waals surface area contributed by atoms with Gasteiger partial charge in [0.25, 0.3) is 0 Å². The Morgan fingerprint density at radius 2 is 2.15 bits per heavy atom. The maximum absolute atomic E-state index is 10.7. The van der Waals surface area contributed by atoms with Crippen molar-refractivity contribution < 1.29 is 9.90 Å². The molecule has 0 aliphatic carbocycles. The minimum absolute atomic E-state index is 0.170. The van der Waals surface area contributed by atoms with E-state index in [1.165, 1.54) is 11.8 Å². The van der Waals surface area contributed by atoms with E-state index in [0.29, 0.717) is 0 Å². The van der Waals surface area contributed by atoms with E-state index in [2.05, 4.69) is 0 Å². The van der Waals surface area contributed by atoms with Crippen LogP contribution in [-0.2, 0) is 4.79 Å². The van der Waals surface area contributed by atoms with Gasteiger partial charge in [0.15, 0.2) is 0 Å². The second-order valence-corrected chi connectivity index (χ2v) is 4.56. The monoisotopic (exact) mass is 205 g/mol. The van der Waals surface area contributed by atoms with Crippen LogP contribution in [0.2, 0.25) is 0 Å². The molecule has 3 nitrogen and oxygen atoms in total. The Labute approximate surface area is 84.1 Å². The highest BCUT2D eigenvalue weighted by atomic mass is 32.2. The van der Waals surface area contributed by atoms with Crippen LogP contribution >= 0.6 is 11.8 Å². The maximum Gasteiger partial charge on any atom is 0.316 e. The van der Waals surface area contributed by atoms with Crippen molar-refractivity contribution in [1.29, 1.82) is 0 Å². The Kier molecular flexibility index (Phi) is 7.09. The van der Waals surface area contributed by atoms with Gasteiger partial charge in [-0.25, -0.2) is 0 Å². The number of carboxylic acid groups (broad SMARTS) is 1. The van der Waals surface area contributed by atoms with Gasteiger partial charge in [-0.1, -0.05) is 13.3 Å². The third kappa shape index (κ3) is 6.90. The molecular formula is C9H19NO2S. The van der Waals surface area contributed by atoms with Gasteiger partial charge in [0.05, 0.1) is 0 Å². The molecule has 0 rings (SSSR count). The summed E-state index contributed by atoms with van der Waals surface area (Å²) in [4.78, 5) is 10.7. The van der Waals surface area contributed by atoms with Gasteiger partial charge in [-0.2, -0.15) is 0 Å². The minimum atomic E-state index is -0.698. The zero-order valence-corrected chi connectivity index (χ0v) is 9.14. The highest BCUT2D eigenvalue weighted by molar-refractivity contribution is 8.00. The second-order valence-electron chi connectivity index (χ2n) is 3.25. The number of hydrogen-bond acceptors (Lipinski definition) is 3. The molecule has 0 radical (unpaired) electrons. The molecule has 2 atom stereocenters. The van der Waals surface area contributed by atoms with Crippen molar-refractivity contribution >= 4 is 17.7 Å². The molecule has 0 fully saturated rings. The molecule has 3 N–H and O–H groups in total. The van der Waals surface area contributed by atoms with Gasteiger partial charge < -0.3 is 10.8 Å². The van der Waals surface area contributed by atoms with Gasteiger partial charge in [0, 0.05) is 6.04 Å². The van der Waals surface area contributed by atoms with E-state index in [4.69, 9.17) is 10.8 Å². The quantitative estimate of drug-likeness (QED) is 0.664. The summed E-state index contributed by atoms with van der Waals surface area (Å²) in [6.45, 7) is 3.94. The summed E-state index contributed by atoms with van der Waals surface area (Å²) in [5.41, 5.74) is 5.57. The van der Waals surface area contributed by atoms with Crippen LogP contribution in [-0.4, -0.2) is 28.1 Å². The molecule has 0 amide bonds. The molecule has 0 aliphatic rings. The van der Waals surface area contributed by atoms with E-state index >= 15 is 0 Å². The first-order valence-corrected chi connectivity index (χ1v) is 5.72. The molecule has 0 aromatic rings. The molecule has 4 heteroatoms. The van der Waals surface area contributed by atoms with Gasteiger partial charge in [-0.15, -0.1) is 11.8 Å². The standard InChI is InChI=1S/C9H19NO2S/c1-3-4-8(9(11)12)13-6-5-7(2)10/h7-8H,3-6,10H2,1-2H3,(H,11,12). The summed E-state index contributed by atoms with van der Waals surface area (Å²) in [7, 11) is 0. The number of rotatable bonds is 7. The first-order chi connectivity index (χ1) is 6.07. The fourth-order valence-corrected chi connectivity index (χ4v) is 2.27. The zero-order valence-electron chi connectivity index (χ0n) is 8.32. The zero-order chi connectivity index (χ0) is 10.3. The van der Waals surface area contributed by atoms with E-state index in [0.717, 1.165) is 25.0 Å². The lowest BCUT2D eigenvalue weighted by atomic mass is 10.2. The van der Waals surface area contributed by atoms with Crippen LogP contribution in [0.1, 0.15) is 33.1 Å². The van der Waals surface area contributed by atoms with Crippen molar-refractivity contribution in [2.24, 2.45) is 5.73 Å². The predicted molar refractivity (Wildman–Crippen MR) is 57.1 cm³/mol. The van der Waals surface area contributed by atoms with Gasteiger partial charge in [0.2, 0.25) is 0 Å². The van der Waals surface area contributed by atoms with Gasteiger partial charge in [-0.3, -0.25) is 4.79 Å². The highest BCUT2D eigenvalue weighted by Gasteiger charge is 2.16. The van der Waals surface area contributed by atoms with Crippen molar-refractivity contribution in [1.82, 2.24) is 0 Å². The van der Waals surface area contributed by atoms with E-state index in [1.807, 2.05) is 13.8 Å². The average Bonchev–Trinajstić information content (AvgIpc) is 2.02. The van der Waals surface area contributed by atoms with Crippen LogP contribution in [0.15, 0.2) is 0 Å². The molecular weight excluding hydrogens is 186 g/mol. The smallest absolute Gasteiger partial charge is 0.316 e. The summed E-state index contributed by atoms with van der Waals surface area (Å²) >= 11 is 1.50. The lowest BCUT2D eigenvalue weighted by Crippen LogP contribution is -2.19. The number of carbonyl (C=O) groups is 1. The summed E-state index contributed by atoms with van der Waals surface area (Å²) in [5.74, 6) is 0.144. The second kappa shape index (κ2) is 7.21.